The zero-order chi connectivity index (χ0) is 13.9. The monoisotopic (exact) mass is 270 g/mol. The van der Waals surface area contributed by atoms with E-state index in [0.29, 0.717) is 0 Å². The van der Waals surface area contributed by atoms with Crippen molar-refractivity contribution in [3.8, 4) is 0 Å². The second-order valence-electron chi connectivity index (χ2n) is 5.10. The van der Waals surface area contributed by atoms with Crippen LogP contribution in [0.3, 0.4) is 0 Å². The van der Waals surface area contributed by atoms with E-state index >= 15 is 0 Å². The molecular weight excluding hydrogens is 252 g/mol. The molecule has 2 aromatic rings. The molecular formula is C15H18N4O. The normalized spacial score (nSPS) is 15.4. The van der Waals surface area contributed by atoms with Gasteiger partial charge in [0.2, 0.25) is 0 Å². The van der Waals surface area contributed by atoms with Crippen molar-refractivity contribution in [1.82, 2.24) is 20.8 Å². The molecule has 1 aromatic heterocycles. The Morgan fingerprint density at radius 3 is 3.15 bits per heavy atom. The second-order valence-corrected chi connectivity index (χ2v) is 5.10. The molecule has 2 heterocycles. The number of fused-ring (bicyclic) bond motifs is 1. The van der Waals surface area contributed by atoms with Crippen LogP contribution in [0.1, 0.15) is 40.0 Å². The van der Waals surface area contributed by atoms with Gasteiger partial charge < -0.3 is 10.6 Å². The first-order valence-corrected chi connectivity index (χ1v) is 6.86. The van der Waals surface area contributed by atoms with Crippen LogP contribution < -0.4 is 10.6 Å². The van der Waals surface area contributed by atoms with Crippen molar-refractivity contribution in [3.05, 3.63) is 52.8 Å². The fraction of sp³-hybridized carbons (Fsp3) is 0.333. The summed E-state index contributed by atoms with van der Waals surface area (Å²) in [4.78, 5) is 12.5. The van der Waals surface area contributed by atoms with Crippen molar-refractivity contribution >= 4 is 5.91 Å². The Morgan fingerprint density at radius 1 is 1.45 bits per heavy atom. The van der Waals surface area contributed by atoms with E-state index in [0.717, 1.165) is 30.6 Å². The molecule has 3 N–H and O–H groups in total. The fourth-order valence-electron chi connectivity index (χ4n) is 2.60. The number of benzene rings is 1. The molecule has 5 heteroatoms. The van der Waals surface area contributed by atoms with Crippen LogP contribution in [0, 0.1) is 0 Å². The highest BCUT2D eigenvalue weighted by Crippen LogP contribution is 2.20. The SMILES string of the molecule is CC(NC(=O)c1cccc2c1CCNC2)c1cn[nH]c1. The van der Waals surface area contributed by atoms with E-state index < -0.39 is 0 Å². The smallest absolute Gasteiger partial charge is 0.252 e. The minimum Gasteiger partial charge on any atom is -0.345 e. The summed E-state index contributed by atoms with van der Waals surface area (Å²) >= 11 is 0. The van der Waals surface area contributed by atoms with E-state index in [1.54, 1.807) is 12.4 Å². The van der Waals surface area contributed by atoms with Crippen molar-refractivity contribution in [2.45, 2.75) is 25.9 Å². The Bertz CT molecular complexity index is 606. The molecule has 20 heavy (non-hydrogen) atoms. The molecule has 1 aromatic carbocycles. The van der Waals surface area contributed by atoms with Crippen molar-refractivity contribution in [1.29, 1.82) is 0 Å². The van der Waals surface area contributed by atoms with Gasteiger partial charge in [-0.15, -0.1) is 0 Å². The predicted molar refractivity (Wildman–Crippen MR) is 76.3 cm³/mol. The van der Waals surface area contributed by atoms with Gasteiger partial charge in [0, 0.05) is 23.9 Å². The largest absolute Gasteiger partial charge is 0.345 e. The molecule has 1 aliphatic heterocycles. The number of carbonyl (C=O) groups is 1. The van der Waals surface area contributed by atoms with Crippen LogP contribution in [0.5, 0.6) is 0 Å². The number of hydrogen-bond acceptors (Lipinski definition) is 3. The fourth-order valence-corrected chi connectivity index (χ4v) is 2.60. The maximum atomic E-state index is 12.5. The van der Waals surface area contributed by atoms with Gasteiger partial charge in [-0.25, -0.2) is 0 Å². The molecule has 0 fully saturated rings. The molecule has 5 nitrogen and oxygen atoms in total. The average molecular weight is 270 g/mol. The number of rotatable bonds is 3. The third-order valence-corrected chi connectivity index (χ3v) is 3.75. The Hall–Kier alpha value is -2.14. The van der Waals surface area contributed by atoms with Crippen molar-refractivity contribution < 1.29 is 4.79 Å². The molecule has 0 aliphatic carbocycles. The lowest BCUT2D eigenvalue weighted by Gasteiger charge is -2.21. The highest BCUT2D eigenvalue weighted by molar-refractivity contribution is 5.96. The molecule has 0 saturated heterocycles. The van der Waals surface area contributed by atoms with Crippen LogP contribution in [0.4, 0.5) is 0 Å². The van der Waals surface area contributed by atoms with Gasteiger partial charge in [0.05, 0.1) is 12.2 Å². The molecule has 0 saturated carbocycles. The van der Waals surface area contributed by atoms with E-state index in [9.17, 15) is 4.79 Å². The number of carbonyl (C=O) groups excluding carboxylic acids is 1. The lowest BCUT2D eigenvalue weighted by molar-refractivity contribution is 0.0938. The summed E-state index contributed by atoms with van der Waals surface area (Å²) < 4.78 is 0. The van der Waals surface area contributed by atoms with Gasteiger partial charge in [0.1, 0.15) is 0 Å². The van der Waals surface area contributed by atoms with Crippen LogP contribution in [-0.2, 0) is 13.0 Å². The van der Waals surface area contributed by atoms with Gasteiger partial charge in [-0.1, -0.05) is 12.1 Å². The van der Waals surface area contributed by atoms with Crippen LogP contribution in [-0.4, -0.2) is 22.6 Å². The number of nitrogens with zero attached hydrogens (tertiary/aromatic N) is 1. The standard InChI is InChI=1S/C15H18N4O/c1-10(12-8-17-18-9-12)19-15(20)14-4-2-3-11-7-16-6-5-13(11)14/h2-4,8-10,16H,5-7H2,1H3,(H,17,18)(H,19,20). The molecule has 104 valence electrons. The number of aromatic amines is 1. The molecule has 1 atom stereocenters. The minimum absolute atomic E-state index is 0.0162. The first-order chi connectivity index (χ1) is 9.75. The molecule has 0 spiro atoms. The summed E-state index contributed by atoms with van der Waals surface area (Å²) in [6.45, 7) is 3.72. The van der Waals surface area contributed by atoms with Gasteiger partial charge in [-0.05, 0) is 37.1 Å². The van der Waals surface area contributed by atoms with Crippen molar-refractivity contribution in [3.63, 3.8) is 0 Å². The first kappa shape index (κ1) is 12.9. The topological polar surface area (TPSA) is 69.8 Å². The maximum absolute atomic E-state index is 12.5. The van der Waals surface area contributed by atoms with E-state index in [1.807, 2.05) is 19.1 Å². The Balaban J connectivity index is 1.81. The maximum Gasteiger partial charge on any atom is 0.252 e. The van der Waals surface area contributed by atoms with Crippen LogP contribution >= 0.6 is 0 Å². The van der Waals surface area contributed by atoms with Crippen molar-refractivity contribution in [2.75, 3.05) is 6.54 Å². The second kappa shape index (κ2) is 5.46. The highest BCUT2D eigenvalue weighted by Gasteiger charge is 2.19. The van der Waals surface area contributed by atoms with Crippen LogP contribution in [0.25, 0.3) is 0 Å². The Kier molecular flexibility index (Phi) is 3.52. The van der Waals surface area contributed by atoms with E-state index in [1.165, 1.54) is 11.1 Å². The number of hydrogen-bond donors (Lipinski definition) is 3. The number of amides is 1. The molecule has 1 unspecified atom stereocenters. The quantitative estimate of drug-likeness (QED) is 0.792. The van der Waals surface area contributed by atoms with Gasteiger partial charge >= 0.3 is 0 Å². The minimum atomic E-state index is -0.0566. The first-order valence-electron chi connectivity index (χ1n) is 6.86. The average Bonchev–Trinajstić information content (AvgIpc) is 3.01. The third kappa shape index (κ3) is 2.44. The lowest BCUT2D eigenvalue weighted by Crippen LogP contribution is -2.30. The van der Waals surface area contributed by atoms with E-state index in [-0.39, 0.29) is 11.9 Å². The summed E-state index contributed by atoms with van der Waals surface area (Å²) in [7, 11) is 0. The van der Waals surface area contributed by atoms with Gasteiger partial charge in [-0.3, -0.25) is 9.89 Å². The Morgan fingerprint density at radius 2 is 2.35 bits per heavy atom. The molecule has 0 radical (unpaired) electrons. The number of H-pyrrole nitrogens is 1. The van der Waals surface area contributed by atoms with E-state index in [4.69, 9.17) is 0 Å². The number of nitrogens with one attached hydrogen (secondary N) is 3. The number of aromatic nitrogens is 2. The lowest BCUT2D eigenvalue weighted by atomic mass is 9.95. The van der Waals surface area contributed by atoms with Crippen LogP contribution in [0.2, 0.25) is 0 Å². The van der Waals surface area contributed by atoms with Gasteiger partial charge in [0.15, 0.2) is 0 Å². The zero-order valence-corrected chi connectivity index (χ0v) is 11.4. The molecule has 3 rings (SSSR count). The predicted octanol–water partition coefficient (Wildman–Crippen LogP) is 1.55. The zero-order valence-electron chi connectivity index (χ0n) is 11.4. The van der Waals surface area contributed by atoms with Crippen molar-refractivity contribution in [2.24, 2.45) is 0 Å². The highest BCUT2D eigenvalue weighted by atomic mass is 16.1. The summed E-state index contributed by atoms with van der Waals surface area (Å²) in [5.41, 5.74) is 4.16. The molecule has 0 bridgehead atoms. The van der Waals surface area contributed by atoms with Gasteiger partial charge in [-0.2, -0.15) is 5.10 Å². The van der Waals surface area contributed by atoms with E-state index in [2.05, 4.69) is 26.9 Å². The molecule has 1 amide bonds. The Labute approximate surface area is 117 Å². The molecule has 1 aliphatic rings. The summed E-state index contributed by atoms with van der Waals surface area (Å²) in [6, 6.07) is 5.88. The third-order valence-electron chi connectivity index (χ3n) is 3.75. The van der Waals surface area contributed by atoms with Gasteiger partial charge in [0.25, 0.3) is 5.91 Å². The summed E-state index contributed by atoms with van der Waals surface area (Å²) in [6.07, 6.45) is 4.43. The summed E-state index contributed by atoms with van der Waals surface area (Å²) in [5.74, 6) is -0.0162. The van der Waals surface area contributed by atoms with Crippen LogP contribution in [0.15, 0.2) is 30.6 Å². The summed E-state index contributed by atoms with van der Waals surface area (Å²) in [5, 5.41) is 13.0.